The topological polar surface area (TPSA) is 47.6 Å². The van der Waals surface area contributed by atoms with Crippen molar-refractivity contribution in [1.29, 1.82) is 0 Å². The molecular formula is C15H15NO3S. The molecule has 2 aromatic rings. The van der Waals surface area contributed by atoms with Crippen LogP contribution < -0.4 is 5.32 Å². The second-order valence-electron chi connectivity index (χ2n) is 4.63. The zero-order valence-corrected chi connectivity index (χ0v) is 11.9. The quantitative estimate of drug-likeness (QED) is 0.943. The Labute approximate surface area is 121 Å². The van der Waals surface area contributed by atoms with Crippen LogP contribution in [-0.4, -0.2) is 19.1 Å². The van der Waals surface area contributed by atoms with Gasteiger partial charge in [0.15, 0.2) is 0 Å². The van der Waals surface area contributed by atoms with Gasteiger partial charge in [-0.25, -0.2) is 0 Å². The van der Waals surface area contributed by atoms with E-state index in [9.17, 15) is 4.79 Å². The molecular weight excluding hydrogens is 274 g/mol. The van der Waals surface area contributed by atoms with Crippen molar-refractivity contribution in [2.24, 2.45) is 0 Å². The summed E-state index contributed by atoms with van der Waals surface area (Å²) >= 11 is 1.39. The van der Waals surface area contributed by atoms with Crippen LogP contribution in [0.4, 0.5) is 5.69 Å². The molecule has 4 nitrogen and oxygen atoms in total. The number of rotatable bonds is 3. The average molecular weight is 289 g/mol. The molecule has 1 aliphatic rings. The van der Waals surface area contributed by atoms with Crippen LogP contribution in [0.15, 0.2) is 42.5 Å². The molecule has 0 bridgehead atoms. The van der Waals surface area contributed by atoms with Gasteiger partial charge in [-0.15, -0.1) is 11.3 Å². The van der Waals surface area contributed by atoms with Crippen LogP contribution in [0.2, 0.25) is 0 Å². The van der Waals surface area contributed by atoms with Crippen LogP contribution in [0.1, 0.15) is 21.5 Å². The number of para-hydroxylation sites is 1. The van der Waals surface area contributed by atoms with Gasteiger partial charge in [-0.2, -0.15) is 0 Å². The highest BCUT2D eigenvalue weighted by Gasteiger charge is 2.35. The molecule has 1 saturated heterocycles. The minimum Gasteiger partial charge on any atom is -0.343 e. The van der Waals surface area contributed by atoms with Gasteiger partial charge in [0.25, 0.3) is 5.91 Å². The van der Waals surface area contributed by atoms with Gasteiger partial charge in [0.1, 0.15) is 0 Å². The summed E-state index contributed by atoms with van der Waals surface area (Å²) in [4.78, 5) is 13.7. The molecule has 104 valence electrons. The number of hydrogen-bond donors (Lipinski definition) is 1. The van der Waals surface area contributed by atoms with E-state index in [2.05, 4.69) is 5.32 Å². The molecule has 0 unspecified atom stereocenters. The van der Waals surface area contributed by atoms with Gasteiger partial charge in [-0.1, -0.05) is 18.2 Å². The predicted molar refractivity (Wildman–Crippen MR) is 78.0 cm³/mol. The Morgan fingerprint density at radius 1 is 1.15 bits per heavy atom. The zero-order chi connectivity index (χ0) is 14.0. The van der Waals surface area contributed by atoms with Gasteiger partial charge in [-0.3, -0.25) is 4.79 Å². The molecule has 1 N–H and O–H groups in total. The van der Waals surface area contributed by atoms with Crippen LogP contribution in [0.25, 0.3) is 0 Å². The van der Waals surface area contributed by atoms with Crippen molar-refractivity contribution < 1.29 is 14.3 Å². The smallest absolute Gasteiger partial charge is 0.265 e. The molecule has 3 rings (SSSR count). The van der Waals surface area contributed by atoms with E-state index in [0.717, 1.165) is 10.6 Å². The Morgan fingerprint density at radius 3 is 2.55 bits per heavy atom. The Kier molecular flexibility index (Phi) is 3.56. The fourth-order valence-corrected chi connectivity index (χ4v) is 3.03. The first-order chi connectivity index (χ1) is 9.67. The second kappa shape index (κ2) is 5.36. The Morgan fingerprint density at radius 2 is 1.85 bits per heavy atom. The summed E-state index contributed by atoms with van der Waals surface area (Å²) in [6.45, 7) is 3.05. The minimum absolute atomic E-state index is 0.117. The number of amides is 1. The first-order valence-corrected chi connectivity index (χ1v) is 7.24. The number of anilines is 1. The van der Waals surface area contributed by atoms with Crippen molar-refractivity contribution in [2.45, 2.75) is 12.7 Å². The number of ether oxygens (including phenoxy) is 2. The number of carbonyl (C=O) groups is 1. The number of nitrogens with one attached hydrogen (secondary N) is 1. The fraction of sp³-hybridized carbons (Fsp3) is 0.267. The van der Waals surface area contributed by atoms with E-state index in [1.54, 1.807) is 6.07 Å². The van der Waals surface area contributed by atoms with Gasteiger partial charge in [0.05, 0.1) is 23.0 Å². The first-order valence-electron chi connectivity index (χ1n) is 6.42. The Hall–Kier alpha value is -1.69. The van der Waals surface area contributed by atoms with Crippen LogP contribution >= 0.6 is 11.3 Å². The largest absolute Gasteiger partial charge is 0.343 e. The van der Waals surface area contributed by atoms with E-state index in [-0.39, 0.29) is 5.91 Å². The monoisotopic (exact) mass is 289 g/mol. The summed E-state index contributed by atoms with van der Waals surface area (Å²) in [6, 6.07) is 13.1. The molecule has 1 aromatic carbocycles. The van der Waals surface area contributed by atoms with Gasteiger partial charge in [-0.05, 0) is 31.2 Å². The summed E-state index contributed by atoms with van der Waals surface area (Å²) in [5.74, 6) is -0.829. The maximum atomic E-state index is 12.2. The number of carbonyl (C=O) groups excluding carboxylic acids is 1. The maximum Gasteiger partial charge on any atom is 0.265 e. The molecule has 0 aliphatic carbocycles. The van der Waals surface area contributed by atoms with E-state index in [0.29, 0.717) is 18.1 Å². The lowest BCUT2D eigenvalue weighted by Gasteiger charge is -2.20. The molecule has 0 atom stereocenters. The number of thiophene rings is 1. The van der Waals surface area contributed by atoms with Crippen molar-refractivity contribution in [3.8, 4) is 0 Å². The molecule has 1 fully saturated rings. The molecule has 5 heteroatoms. The summed E-state index contributed by atoms with van der Waals surface area (Å²) in [5.41, 5.74) is 0.784. The number of benzene rings is 1. The average Bonchev–Trinajstić information content (AvgIpc) is 3.09. The van der Waals surface area contributed by atoms with Crippen LogP contribution in [-0.2, 0) is 15.3 Å². The lowest BCUT2D eigenvalue weighted by molar-refractivity contribution is -0.146. The third-order valence-electron chi connectivity index (χ3n) is 3.15. The van der Waals surface area contributed by atoms with Crippen LogP contribution in [0, 0.1) is 0 Å². The normalized spacial score (nSPS) is 17.1. The summed E-state index contributed by atoms with van der Waals surface area (Å²) in [5, 5.41) is 2.86. The number of hydrogen-bond acceptors (Lipinski definition) is 4. The summed E-state index contributed by atoms with van der Waals surface area (Å²) in [6.07, 6.45) is 0. The highest BCUT2D eigenvalue weighted by atomic mass is 32.1. The second-order valence-corrected chi connectivity index (χ2v) is 5.71. The van der Waals surface area contributed by atoms with Gasteiger partial charge < -0.3 is 14.8 Å². The van der Waals surface area contributed by atoms with Gasteiger partial charge in [0, 0.05) is 5.69 Å². The van der Waals surface area contributed by atoms with E-state index in [1.165, 1.54) is 11.3 Å². The zero-order valence-electron chi connectivity index (χ0n) is 11.1. The van der Waals surface area contributed by atoms with Crippen molar-refractivity contribution in [3.05, 3.63) is 52.2 Å². The summed E-state index contributed by atoms with van der Waals surface area (Å²) < 4.78 is 11.2. The lowest BCUT2D eigenvalue weighted by atomic mass is 10.2. The van der Waals surface area contributed by atoms with E-state index < -0.39 is 5.79 Å². The predicted octanol–water partition coefficient (Wildman–Crippen LogP) is 3.22. The summed E-state index contributed by atoms with van der Waals surface area (Å²) in [7, 11) is 0. The van der Waals surface area contributed by atoms with Crippen molar-refractivity contribution in [3.63, 3.8) is 0 Å². The molecule has 1 aromatic heterocycles. The molecule has 0 spiro atoms. The third kappa shape index (κ3) is 2.60. The van der Waals surface area contributed by atoms with Crippen molar-refractivity contribution in [1.82, 2.24) is 0 Å². The first kappa shape index (κ1) is 13.3. The molecule has 1 amide bonds. The van der Waals surface area contributed by atoms with Crippen LogP contribution in [0.5, 0.6) is 0 Å². The Bertz CT molecular complexity index is 603. The van der Waals surface area contributed by atoms with E-state index in [1.807, 2.05) is 43.3 Å². The lowest BCUT2D eigenvalue weighted by Crippen LogP contribution is -2.20. The molecule has 0 radical (unpaired) electrons. The van der Waals surface area contributed by atoms with Crippen molar-refractivity contribution in [2.75, 3.05) is 18.5 Å². The standard InChI is InChI=1S/C15H15NO3S/c1-15(18-9-10-19-15)13-8-7-12(20-13)14(17)16-11-5-3-2-4-6-11/h2-8H,9-10H2,1H3,(H,16,17). The van der Waals surface area contributed by atoms with Crippen molar-refractivity contribution >= 4 is 22.9 Å². The molecule has 2 heterocycles. The van der Waals surface area contributed by atoms with Gasteiger partial charge >= 0.3 is 0 Å². The molecule has 20 heavy (non-hydrogen) atoms. The third-order valence-corrected chi connectivity index (χ3v) is 4.42. The van der Waals surface area contributed by atoms with Crippen LogP contribution in [0.3, 0.4) is 0 Å². The fourth-order valence-electron chi connectivity index (χ4n) is 2.07. The van der Waals surface area contributed by atoms with E-state index >= 15 is 0 Å². The highest BCUT2D eigenvalue weighted by molar-refractivity contribution is 7.14. The van der Waals surface area contributed by atoms with E-state index in [4.69, 9.17) is 9.47 Å². The SMILES string of the molecule is CC1(c2ccc(C(=O)Nc3ccccc3)s2)OCCO1. The molecule has 1 aliphatic heterocycles. The minimum atomic E-state index is -0.712. The Balaban J connectivity index is 1.75. The molecule has 0 saturated carbocycles. The van der Waals surface area contributed by atoms with Gasteiger partial charge in [0.2, 0.25) is 5.79 Å². The maximum absolute atomic E-state index is 12.2. The highest BCUT2D eigenvalue weighted by Crippen LogP contribution is 2.35.